The summed E-state index contributed by atoms with van der Waals surface area (Å²) in [6, 6.07) is 0. The highest BCUT2D eigenvalue weighted by Crippen LogP contribution is 2.45. The number of aliphatic hydroxyl groups excluding tert-OH is 1. The van der Waals surface area contributed by atoms with Crippen molar-refractivity contribution in [2.45, 2.75) is 374 Å². The van der Waals surface area contributed by atoms with E-state index in [0.29, 0.717) is 25.7 Å². The zero-order valence-electron chi connectivity index (χ0n) is 56.9. The van der Waals surface area contributed by atoms with Crippen molar-refractivity contribution in [2.24, 2.45) is 5.92 Å². The van der Waals surface area contributed by atoms with E-state index in [1.54, 1.807) is 0 Å². The summed E-state index contributed by atoms with van der Waals surface area (Å²) in [5, 5.41) is 10.6. The Hall–Kier alpha value is -1.94. The molecular weight excluding hydrogens is 1160 g/mol. The predicted octanol–water partition coefficient (Wildman–Crippen LogP) is 19.7. The summed E-state index contributed by atoms with van der Waals surface area (Å²) >= 11 is 0. The number of rotatable bonds is 69. The van der Waals surface area contributed by atoms with E-state index >= 15 is 0 Å². The third-order valence-electron chi connectivity index (χ3n) is 16.0. The van der Waals surface area contributed by atoms with Crippen LogP contribution in [0.15, 0.2) is 0 Å². The molecule has 0 aliphatic heterocycles. The summed E-state index contributed by atoms with van der Waals surface area (Å²) in [6.45, 7) is 7.20. The molecule has 3 N–H and O–H groups in total. The first-order valence-corrected chi connectivity index (χ1v) is 39.1. The van der Waals surface area contributed by atoms with Crippen LogP contribution in [0.4, 0.5) is 0 Å². The second-order valence-electron chi connectivity index (χ2n) is 25.4. The van der Waals surface area contributed by atoms with Crippen molar-refractivity contribution in [3.05, 3.63) is 0 Å². The van der Waals surface area contributed by atoms with Gasteiger partial charge in [0.15, 0.2) is 12.2 Å². The lowest BCUT2D eigenvalue weighted by Crippen LogP contribution is -2.30. The van der Waals surface area contributed by atoms with E-state index in [0.717, 1.165) is 95.8 Å². The van der Waals surface area contributed by atoms with Gasteiger partial charge in [-0.3, -0.25) is 37.3 Å². The second kappa shape index (κ2) is 62.5. The van der Waals surface area contributed by atoms with Crippen LogP contribution in [-0.4, -0.2) is 96.7 Å². The van der Waals surface area contributed by atoms with E-state index in [2.05, 4.69) is 34.6 Å². The van der Waals surface area contributed by atoms with E-state index in [-0.39, 0.29) is 25.7 Å². The van der Waals surface area contributed by atoms with Crippen molar-refractivity contribution in [1.82, 2.24) is 0 Å². The molecule has 0 aromatic rings. The first kappa shape index (κ1) is 86.1. The third kappa shape index (κ3) is 62.8. The van der Waals surface area contributed by atoms with Gasteiger partial charge in [0.05, 0.1) is 26.4 Å². The maximum absolute atomic E-state index is 13.0. The van der Waals surface area contributed by atoms with E-state index in [9.17, 15) is 43.2 Å². The number of phosphoric ester groups is 2. The maximum Gasteiger partial charge on any atom is 0.472 e. The van der Waals surface area contributed by atoms with Crippen molar-refractivity contribution in [1.29, 1.82) is 0 Å². The minimum Gasteiger partial charge on any atom is -0.462 e. The van der Waals surface area contributed by atoms with Crippen LogP contribution in [-0.2, 0) is 65.4 Å². The van der Waals surface area contributed by atoms with Gasteiger partial charge in [-0.2, -0.15) is 0 Å². The molecule has 0 bridgehead atoms. The lowest BCUT2D eigenvalue weighted by Gasteiger charge is -2.21. The Labute approximate surface area is 537 Å². The Morgan fingerprint density at radius 1 is 0.307 bits per heavy atom. The molecule has 522 valence electrons. The Bertz CT molecular complexity index is 1700. The summed E-state index contributed by atoms with van der Waals surface area (Å²) in [5.41, 5.74) is 0. The molecule has 0 amide bonds. The van der Waals surface area contributed by atoms with Crippen molar-refractivity contribution in [2.75, 3.05) is 39.6 Å². The van der Waals surface area contributed by atoms with Crippen LogP contribution in [0, 0.1) is 5.92 Å². The molecule has 0 heterocycles. The fraction of sp³-hybridized carbons (Fsp3) is 0.942. The average Bonchev–Trinajstić information content (AvgIpc) is 3.52. The van der Waals surface area contributed by atoms with Crippen LogP contribution >= 0.6 is 15.6 Å². The summed E-state index contributed by atoms with van der Waals surface area (Å²) < 4.78 is 68.2. The van der Waals surface area contributed by atoms with E-state index < -0.39 is 97.5 Å². The van der Waals surface area contributed by atoms with Crippen molar-refractivity contribution in [3.8, 4) is 0 Å². The summed E-state index contributed by atoms with van der Waals surface area (Å²) in [7, 11) is -9.89. The Balaban J connectivity index is 5.23. The van der Waals surface area contributed by atoms with Crippen LogP contribution in [0.1, 0.15) is 356 Å². The molecular formula is C69H134O17P2. The molecule has 0 aliphatic rings. The zero-order valence-corrected chi connectivity index (χ0v) is 58.6. The molecule has 0 aromatic carbocycles. The summed E-state index contributed by atoms with van der Waals surface area (Å²) in [4.78, 5) is 72.4. The zero-order chi connectivity index (χ0) is 64.9. The van der Waals surface area contributed by atoms with E-state index in [1.165, 1.54) is 180 Å². The first-order chi connectivity index (χ1) is 42.5. The van der Waals surface area contributed by atoms with Gasteiger partial charge in [-0.15, -0.1) is 0 Å². The molecule has 2 unspecified atom stereocenters. The van der Waals surface area contributed by atoms with Gasteiger partial charge < -0.3 is 33.8 Å². The van der Waals surface area contributed by atoms with Gasteiger partial charge in [0.1, 0.15) is 19.3 Å². The van der Waals surface area contributed by atoms with Crippen LogP contribution in [0.2, 0.25) is 0 Å². The number of unbranched alkanes of at least 4 members (excludes halogenated alkanes) is 41. The lowest BCUT2D eigenvalue weighted by atomic mass is 10.0. The third-order valence-corrected chi connectivity index (χ3v) is 17.9. The normalized spacial score (nSPS) is 14.1. The Kier molecular flexibility index (Phi) is 61.1. The molecule has 0 rings (SSSR count). The largest absolute Gasteiger partial charge is 0.472 e. The molecule has 0 saturated heterocycles. The highest BCUT2D eigenvalue weighted by atomic mass is 31.2. The fourth-order valence-electron chi connectivity index (χ4n) is 10.5. The van der Waals surface area contributed by atoms with Crippen LogP contribution in [0.25, 0.3) is 0 Å². The standard InChI is InChI=1S/C69H134O17P2/c1-6-9-12-15-18-21-24-25-26-27-28-30-33-40-45-50-55-69(74)86-65(59-80-67(72)53-48-43-38-35-34-36-41-46-51-62(4)5)61-84-88(77,78)82-57-63(70)56-81-87(75,76)83-60-64(58-79-66(71)52-47-42-37-31-23-20-17-14-11-8-3)85-68(73)54-49-44-39-32-29-22-19-16-13-10-7-2/h62-65,70H,6-61H2,1-5H3,(H,75,76)(H,77,78)/t63-,64+,65+/m0/s1. The second-order valence-corrected chi connectivity index (χ2v) is 28.3. The minimum atomic E-state index is -4.95. The number of esters is 4. The van der Waals surface area contributed by atoms with E-state index in [1.807, 2.05) is 0 Å². The monoisotopic (exact) mass is 1300 g/mol. The first-order valence-electron chi connectivity index (χ1n) is 36.1. The number of hydrogen-bond donors (Lipinski definition) is 3. The molecule has 17 nitrogen and oxygen atoms in total. The number of carbonyl (C=O) groups excluding carboxylic acids is 4. The Morgan fingerprint density at radius 2 is 0.523 bits per heavy atom. The van der Waals surface area contributed by atoms with Gasteiger partial charge >= 0.3 is 39.5 Å². The lowest BCUT2D eigenvalue weighted by molar-refractivity contribution is -0.161. The van der Waals surface area contributed by atoms with Crippen LogP contribution in [0.5, 0.6) is 0 Å². The summed E-state index contributed by atoms with van der Waals surface area (Å²) in [5.74, 6) is -1.40. The van der Waals surface area contributed by atoms with Gasteiger partial charge in [0, 0.05) is 25.7 Å². The van der Waals surface area contributed by atoms with Gasteiger partial charge in [0.2, 0.25) is 0 Å². The van der Waals surface area contributed by atoms with Crippen molar-refractivity contribution in [3.63, 3.8) is 0 Å². The highest BCUT2D eigenvalue weighted by molar-refractivity contribution is 7.47. The fourth-order valence-corrected chi connectivity index (χ4v) is 12.0. The molecule has 88 heavy (non-hydrogen) atoms. The Morgan fingerprint density at radius 3 is 0.773 bits per heavy atom. The number of carbonyl (C=O) groups is 4. The molecule has 0 fully saturated rings. The quantitative estimate of drug-likeness (QED) is 0.0222. The van der Waals surface area contributed by atoms with Crippen molar-refractivity contribution >= 4 is 39.5 Å². The SMILES string of the molecule is CCCCCCCCCCCCCCCCCCC(=O)O[C@H](COC(=O)CCCCCCCCCCC(C)C)COP(=O)(O)OC[C@@H](O)COP(=O)(O)OC[C@@H](COC(=O)CCCCCCCCCCCC)OC(=O)CCCCCCCCCCCCC. The van der Waals surface area contributed by atoms with Gasteiger partial charge in [0.25, 0.3) is 0 Å². The van der Waals surface area contributed by atoms with Gasteiger partial charge in [-0.05, 0) is 31.6 Å². The molecule has 0 aromatic heterocycles. The number of ether oxygens (including phenoxy) is 4. The summed E-state index contributed by atoms with van der Waals surface area (Å²) in [6.07, 6.45) is 48.5. The number of aliphatic hydroxyl groups is 1. The molecule has 19 heteroatoms. The molecule has 0 saturated carbocycles. The van der Waals surface area contributed by atoms with Gasteiger partial charge in [-0.1, -0.05) is 304 Å². The van der Waals surface area contributed by atoms with Crippen LogP contribution in [0.3, 0.4) is 0 Å². The minimum absolute atomic E-state index is 0.107. The average molecular weight is 1300 g/mol. The number of phosphoric acid groups is 2. The molecule has 0 aliphatic carbocycles. The van der Waals surface area contributed by atoms with Crippen LogP contribution < -0.4 is 0 Å². The topological polar surface area (TPSA) is 237 Å². The highest BCUT2D eigenvalue weighted by Gasteiger charge is 2.30. The van der Waals surface area contributed by atoms with E-state index in [4.69, 9.17) is 37.0 Å². The van der Waals surface area contributed by atoms with Gasteiger partial charge in [-0.25, -0.2) is 9.13 Å². The molecule has 0 radical (unpaired) electrons. The molecule has 0 spiro atoms. The maximum atomic E-state index is 13.0. The molecule has 5 atom stereocenters. The predicted molar refractivity (Wildman–Crippen MR) is 354 cm³/mol. The number of hydrogen-bond acceptors (Lipinski definition) is 15. The smallest absolute Gasteiger partial charge is 0.462 e. The van der Waals surface area contributed by atoms with Crippen molar-refractivity contribution < 1.29 is 80.2 Å².